The van der Waals surface area contributed by atoms with E-state index in [1.807, 2.05) is 36.9 Å². The van der Waals surface area contributed by atoms with Gasteiger partial charge in [0.2, 0.25) is 11.8 Å². The summed E-state index contributed by atoms with van der Waals surface area (Å²) in [5.74, 6) is 0.485. The van der Waals surface area contributed by atoms with Crippen LogP contribution in [-0.2, 0) is 9.59 Å². The molecule has 0 bridgehead atoms. The molecule has 2 N–H and O–H groups in total. The molecule has 0 aromatic heterocycles. The van der Waals surface area contributed by atoms with Gasteiger partial charge in [0.15, 0.2) is 5.96 Å². The number of rotatable bonds is 3. The van der Waals surface area contributed by atoms with Crippen LogP contribution >= 0.6 is 0 Å². The minimum atomic E-state index is -0.727. The zero-order valence-electron chi connectivity index (χ0n) is 15.6. The second kappa shape index (κ2) is 6.78. The van der Waals surface area contributed by atoms with Crippen molar-refractivity contribution in [2.24, 2.45) is 22.1 Å². The maximum absolute atomic E-state index is 13.2. The zero-order valence-corrected chi connectivity index (χ0v) is 15.6. The lowest BCUT2D eigenvalue weighted by atomic mass is 9.77. The summed E-state index contributed by atoms with van der Waals surface area (Å²) < 4.78 is 0. The number of hydrogen-bond donors (Lipinski definition) is 1. The van der Waals surface area contributed by atoms with Gasteiger partial charge in [-0.15, -0.1) is 0 Å². The first-order valence-corrected chi connectivity index (χ1v) is 8.96. The van der Waals surface area contributed by atoms with Crippen molar-refractivity contribution in [1.82, 2.24) is 9.80 Å². The number of guanidine groups is 1. The van der Waals surface area contributed by atoms with Gasteiger partial charge in [0, 0.05) is 26.6 Å². The Morgan fingerprint density at radius 2 is 2.15 bits per heavy atom. The largest absolute Gasteiger partial charge is 0.369 e. The van der Waals surface area contributed by atoms with E-state index in [1.165, 1.54) is 0 Å². The maximum Gasteiger partial charge on any atom is 0.237 e. The fraction of sp³-hybridized carbons (Fsp3) is 0.526. The molecule has 1 fully saturated rings. The highest BCUT2D eigenvalue weighted by Gasteiger charge is 2.46. The SMILES string of the molecule is [B]c1cccc([C@H]2N=C(N)N(CC3CCN(C(C)=O)C3)C(=O)C2(C)C)c1. The number of carbonyl (C=O) groups is 2. The first-order chi connectivity index (χ1) is 12.2. The number of hydrogen-bond acceptors (Lipinski definition) is 4. The van der Waals surface area contributed by atoms with Gasteiger partial charge in [-0.1, -0.05) is 29.7 Å². The van der Waals surface area contributed by atoms with Crippen molar-refractivity contribution in [3.8, 4) is 0 Å². The second-order valence-corrected chi connectivity index (χ2v) is 7.82. The lowest BCUT2D eigenvalue weighted by Gasteiger charge is -2.41. The molecule has 2 atom stereocenters. The average Bonchev–Trinajstić information content (AvgIpc) is 3.04. The van der Waals surface area contributed by atoms with Crippen molar-refractivity contribution in [2.75, 3.05) is 19.6 Å². The molecule has 2 heterocycles. The Morgan fingerprint density at radius 3 is 2.77 bits per heavy atom. The van der Waals surface area contributed by atoms with Crippen LogP contribution in [0.5, 0.6) is 0 Å². The predicted molar refractivity (Wildman–Crippen MR) is 102 cm³/mol. The predicted octanol–water partition coefficient (Wildman–Crippen LogP) is 0.573. The van der Waals surface area contributed by atoms with Crippen molar-refractivity contribution in [3.63, 3.8) is 0 Å². The van der Waals surface area contributed by atoms with E-state index in [1.54, 1.807) is 17.9 Å². The highest BCUT2D eigenvalue weighted by molar-refractivity contribution is 6.32. The molecular formula is C19H25BN4O2. The van der Waals surface area contributed by atoms with E-state index in [2.05, 4.69) is 4.99 Å². The standard InChI is InChI=1S/C19H25BN4O2/c1-12(25)23-8-7-13(10-23)11-24-17(26)19(2,3)16(22-18(24)21)14-5-4-6-15(20)9-14/h4-6,9,13,16H,7-8,10-11H2,1-3H3,(H2,21,22)/t13?,16-/m1/s1. The van der Waals surface area contributed by atoms with Crippen molar-refractivity contribution in [2.45, 2.75) is 33.2 Å². The van der Waals surface area contributed by atoms with E-state index >= 15 is 0 Å². The van der Waals surface area contributed by atoms with E-state index in [4.69, 9.17) is 13.6 Å². The maximum atomic E-state index is 13.2. The first kappa shape index (κ1) is 18.5. The summed E-state index contributed by atoms with van der Waals surface area (Å²) in [5, 5.41) is 0. The molecule has 2 amide bonds. The number of nitrogens with two attached hydrogens (primary N) is 1. The van der Waals surface area contributed by atoms with Crippen LogP contribution in [0.2, 0.25) is 0 Å². The molecular weight excluding hydrogens is 327 g/mol. The van der Waals surface area contributed by atoms with Crippen molar-refractivity contribution >= 4 is 31.1 Å². The number of nitrogens with zero attached hydrogens (tertiary/aromatic N) is 3. The van der Waals surface area contributed by atoms with Crippen LogP contribution in [0, 0.1) is 11.3 Å². The molecule has 1 aromatic rings. The fourth-order valence-electron chi connectivity index (χ4n) is 3.85. The fourth-order valence-corrected chi connectivity index (χ4v) is 3.85. The molecule has 0 aliphatic carbocycles. The number of aliphatic imine (C=N–C) groups is 1. The third-order valence-electron chi connectivity index (χ3n) is 5.42. The van der Waals surface area contributed by atoms with Gasteiger partial charge in [0.1, 0.15) is 7.85 Å². The molecule has 7 heteroatoms. The quantitative estimate of drug-likeness (QED) is 0.808. The van der Waals surface area contributed by atoms with E-state index < -0.39 is 5.41 Å². The van der Waals surface area contributed by atoms with Crippen molar-refractivity contribution in [3.05, 3.63) is 29.8 Å². The minimum absolute atomic E-state index is 0.0429. The molecule has 0 spiro atoms. The van der Waals surface area contributed by atoms with Gasteiger partial charge < -0.3 is 10.6 Å². The summed E-state index contributed by atoms with van der Waals surface area (Å²) in [5.41, 5.74) is 6.97. The molecule has 2 aliphatic rings. The Kier molecular flexibility index (Phi) is 4.82. The molecule has 136 valence electrons. The molecule has 2 radical (unpaired) electrons. The zero-order chi connectivity index (χ0) is 19.1. The van der Waals surface area contributed by atoms with Crippen LogP contribution in [0.3, 0.4) is 0 Å². The van der Waals surface area contributed by atoms with E-state index in [9.17, 15) is 9.59 Å². The van der Waals surface area contributed by atoms with Crippen LogP contribution in [-0.4, -0.2) is 55.1 Å². The lowest BCUT2D eigenvalue weighted by molar-refractivity contribution is -0.139. The van der Waals surface area contributed by atoms with Crippen LogP contribution in [0.25, 0.3) is 0 Å². The van der Waals surface area contributed by atoms with Crippen LogP contribution in [0.15, 0.2) is 29.3 Å². The number of carbonyl (C=O) groups excluding carboxylic acids is 2. The van der Waals surface area contributed by atoms with Crippen molar-refractivity contribution in [1.29, 1.82) is 0 Å². The molecule has 3 rings (SSSR count). The van der Waals surface area contributed by atoms with E-state index in [0.717, 1.165) is 18.5 Å². The number of amides is 2. The summed E-state index contributed by atoms with van der Waals surface area (Å²) in [6, 6.07) is 7.06. The van der Waals surface area contributed by atoms with Crippen LogP contribution < -0.4 is 11.2 Å². The van der Waals surface area contributed by atoms with Gasteiger partial charge >= 0.3 is 0 Å². The monoisotopic (exact) mass is 352 g/mol. The first-order valence-electron chi connectivity index (χ1n) is 8.96. The second-order valence-electron chi connectivity index (χ2n) is 7.82. The van der Waals surface area contributed by atoms with Gasteiger partial charge in [0.05, 0.1) is 11.5 Å². The molecule has 1 aromatic carbocycles. The smallest absolute Gasteiger partial charge is 0.237 e. The highest BCUT2D eigenvalue weighted by Crippen LogP contribution is 2.41. The van der Waals surface area contributed by atoms with Gasteiger partial charge in [-0.05, 0) is 31.7 Å². The Hall–Kier alpha value is -2.31. The molecule has 6 nitrogen and oxygen atoms in total. The van der Waals surface area contributed by atoms with Gasteiger partial charge in [-0.3, -0.25) is 14.5 Å². The Bertz CT molecular complexity index is 762. The summed E-state index contributed by atoms with van der Waals surface area (Å²) in [6.45, 7) is 7.24. The summed E-state index contributed by atoms with van der Waals surface area (Å²) in [4.78, 5) is 32.7. The minimum Gasteiger partial charge on any atom is -0.369 e. The molecule has 1 saturated heterocycles. The summed E-state index contributed by atoms with van der Waals surface area (Å²) in [6.07, 6.45) is 0.871. The van der Waals surface area contributed by atoms with Crippen LogP contribution in [0.1, 0.15) is 38.8 Å². The molecule has 2 aliphatic heterocycles. The average molecular weight is 352 g/mol. The Morgan fingerprint density at radius 1 is 1.42 bits per heavy atom. The highest BCUT2D eigenvalue weighted by atomic mass is 16.2. The topological polar surface area (TPSA) is 79.0 Å². The van der Waals surface area contributed by atoms with Gasteiger partial charge in [-0.2, -0.15) is 0 Å². The Balaban J connectivity index is 1.83. The lowest BCUT2D eigenvalue weighted by Crippen LogP contribution is -2.55. The normalized spacial score (nSPS) is 25.3. The summed E-state index contributed by atoms with van der Waals surface area (Å²) in [7, 11) is 5.89. The summed E-state index contributed by atoms with van der Waals surface area (Å²) >= 11 is 0. The molecule has 0 saturated carbocycles. The van der Waals surface area contributed by atoms with Crippen molar-refractivity contribution < 1.29 is 9.59 Å². The number of likely N-dealkylation sites (tertiary alicyclic amines) is 1. The molecule has 26 heavy (non-hydrogen) atoms. The third kappa shape index (κ3) is 3.35. The van der Waals surface area contributed by atoms with Gasteiger partial charge in [0.25, 0.3) is 0 Å². The van der Waals surface area contributed by atoms with Crippen LogP contribution in [0.4, 0.5) is 0 Å². The molecule has 1 unspecified atom stereocenters. The van der Waals surface area contributed by atoms with E-state index in [0.29, 0.717) is 18.6 Å². The third-order valence-corrected chi connectivity index (χ3v) is 5.42. The Labute approximate surface area is 155 Å². The number of benzene rings is 1. The van der Waals surface area contributed by atoms with Gasteiger partial charge in [-0.25, -0.2) is 4.99 Å². The van der Waals surface area contributed by atoms with E-state index in [-0.39, 0.29) is 29.7 Å².